The zero-order valence-electron chi connectivity index (χ0n) is 14.7. The molecule has 0 aliphatic carbocycles. The molecule has 7 heteroatoms. The number of amides is 2. The summed E-state index contributed by atoms with van der Waals surface area (Å²) in [5.74, 6) is 0.950. The molecule has 3 rings (SSSR count). The summed E-state index contributed by atoms with van der Waals surface area (Å²) in [6.45, 7) is 11.1. The molecule has 0 spiro atoms. The highest BCUT2D eigenvalue weighted by Gasteiger charge is 2.36. The third-order valence-corrected chi connectivity index (χ3v) is 5.19. The topological polar surface area (TPSA) is 69.9 Å². The van der Waals surface area contributed by atoms with Crippen LogP contribution in [0, 0.1) is 19.8 Å². The van der Waals surface area contributed by atoms with Crippen molar-refractivity contribution in [1.29, 1.82) is 0 Å². The first-order valence-electron chi connectivity index (χ1n) is 8.70. The van der Waals surface area contributed by atoms with E-state index in [1.54, 1.807) is 4.90 Å². The largest absolute Gasteiger partial charge is 0.361 e. The van der Waals surface area contributed by atoms with E-state index in [-0.39, 0.29) is 17.7 Å². The number of carbonyl (C=O) groups excluding carboxylic acids is 2. The molecule has 2 fully saturated rings. The molecular weight excluding hydrogens is 308 g/mol. The Kier molecular flexibility index (Phi) is 4.89. The number of aryl methyl sites for hydroxylation is 2. The molecule has 1 aromatic rings. The molecule has 2 saturated heterocycles. The van der Waals surface area contributed by atoms with E-state index in [0.29, 0.717) is 19.5 Å². The molecule has 2 aliphatic rings. The predicted octanol–water partition coefficient (Wildman–Crippen LogP) is 0.804. The predicted molar refractivity (Wildman–Crippen MR) is 88.2 cm³/mol. The fourth-order valence-corrected chi connectivity index (χ4v) is 3.58. The van der Waals surface area contributed by atoms with Crippen LogP contribution in [0.2, 0.25) is 0 Å². The molecule has 0 aromatic carbocycles. The van der Waals surface area contributed by atoms with Gasteiger partial charge in [-0.25, -0.2) is 0 Å². The van der Waals surface area contributed by atoms with Crippen LogP contribution in [0.25, 0.3) is 0 Å². The second-order valence-electron chi connectivity index (χ2n) is 6.74. The van der Waals surface area contributed by atoms with Gasteiger partial charge in [-0.2, -0.15) is 0 Å². The second-order valence-corrected chi connectivity index (χ2v) is 6.74. The molecule has 7 nitrogen and oxygen atoms in total. The lowest BCUT2D eigenvalue weighted by molar-refractivity contribution is -0.137. The van der Waals surface area contributed by atoms with Crippen LogP contribution in [-0.2, 0) is 16.1 Å². The van der Waals surface area contributed by atoms with Gasteiger partial charge in [0, 0.05) is 57.8 Å². The highest BCUT2D eigenvalue weighted by Crippen LogP contribution is 2.21. The van der Waals surface area contributed by atoms with E-state index in [1.165, 1.54) is 0 Å². The maximum Gasteiger partial charge on any atom is 0.228 e. The Hall–Kier alpha value is -1.89. The molecule has 2 aliphatic heterocycles. The standard InChI is InChI=1S/C17H26N4O3/c1-4-20-10-14(9-16(20)22)17(23)21-7-5-19(6-8-21)11-15-12(2)18-24-13(15)3/h14H,4-11H2,1-3H3/t14-/m1/s1. The number of nitrogens with zero attached hydrogens (tertiary/aromatic N) is 4. The monoisotopic (exact) mass is 334 g/mol. The number of hydrogen-bond donors (Lipinski definition) is 0. The van der Waals surface area contributed by atoms with E-state index in [0.717, 1.165) is 49.7 Å². The van der Waals surface area contributed by atoms with Crippen LogP contribution in [0.4, 0.5) is 0 Å². The van der Waals surface area contributed by atoms with E-state index in [4.69, 9.17) is 4.52 Å². The molecule has 0 saturated carbocycles. The first-order chi connectivity index (χ1) is 11.5. The maximum atomic E-state index is 12.6. The molecule has 1 aromatic heterocycles. The summed E-state index contributed by atoms with van der Waals surface area (Å²) in [5.41, 5.74) is 2.09. The lowest BCUT2D eigenvalue weighted by Crippen LogP contribution is -2.50. The van der Waals surface area contributed by atoms with Gasteiger partial charge in [0.25, 0.3) is 0 Å². The average molecular weight is 334 g/mol. The number of aromatic nitrogens is 1. The van der Waals surface area contributed by atoms with Crippen molar-refractivity contribution in [1.82, 2.24) is 19.9 Å². The minimum Gasteiger partial charge on any atom is -0.361 e. The van der Waals surface area contributed by atoms with Crippen molar-refractivity contribution >= 4 is 11.8 Å². The number of piperazine rings is 1. The lowest BCUT2D eigenvalue weighted by atomic mass is 10.1. The van der Waals surface area contributed by atoms with Crippen molar-refractivity contribution in [2.45, 2.75) is 33.7 Å². The van der Waals surface area contributed by atoms with Crippen LogP contribution in [0.1, 0.15) is 30.4 Å². The van der Waals surface area contributed by atoms with Gasteiger partial charge in [-0.1, -0.05) is 5.16 Å². The van der Waals surface area contributed by atoms with Gasteiger partial charge in [0.2, 0.25) is 11.8 Å². The van der Waals surface area contributed by atoms with Gasteiger partial charge >= 0.3 is 0 Å². The number of hydrogen-bond acceptors (Lipinski definition) is 5. The minimum absolute atomic E-state index is 0.105. The summed E-state index contributed by atoms with van der Waals surface area (Å²) < 4.78 is 5.22. The zero-order chi connectivity index (χ0) is 17.3. The van der Waals surface area contributed by atoms with Crippen LogP contribution in [0.3, 0.4) is 0 Å². The van der Waals surface area contributed by atoms with Gasteiger partial charge in [-0.05, 0) is 20.8 Å². The highest BCUT2D eigenvalue weighted by molar-refractivity contribution is 5.89. The Morgan fingerprint density at radius 1 is 1.25 bits per heavy atom. The molecular formula is C17H26N4O3. The highest BCUT2D eigenvalue weighted by atomic mass is 16.5. The first-order valence-corrected chi connectivity index (χ1v) is 8.70. The molecule has 132 valence electrons. The Morgan fingerprint density at radius 2 is 1.96 bits per heavy atom. The molecule has 0 unspecified atom stereocenters. The molecule has 24 heavy (non-hydrogen) atoms. The van der Waals surface area contributed by atoms with Gasteiger partial charge in [0.1, 0.15) is 5.76 Å². The lowest BCUT2D eigenvalue weighted by Gasteiger charge is -2.35. The molecule has 3 heterocycles. The third-order valence-electron chi connectivity index (χ3n) is 5.19. The van der Waals surface area contributed by atoms with E-state index >= 15 is 0 Å². The van der Waals surface area contributed by atoms with Crippen molar-refractivity contribution in [3.63, 3.8) is 0 Å². The van der Waals surface area contributed by atoms with Crippen molar-refractivity contribution in [2.75, 3.05) is 39.3 Å². The van der Waals surface area contributed by atoms with Crippen LogP contribution in [-0.4, -0.2) is 70.9 Å². The van der Waals surface area contributed by atoms with Gasteiger partial charge in [-0.15, -0.1) is 0 Å². The molecule has 2 amide bonds. The Balaban J connectivity index is 1.52. The molecule has 1 atom stereocenters. The minimum atomic E-state index is -0.161. The normalized spacial score (nSPS) is 22.5. The van der Waals surface area contributed by atoms with Gasteiger partial charge in [0.15, 0.2) is 0 Å². The first kappa shape index (κ1) is 17.0. The van der Waals surface area contributed by atoms with Crippen LogP contribution < -0.4 is 0 Å². The van der Waals surface area contributed by atoms with Crippen molar-refractivity contribution < 1.29 is 14.1 Å². The summed E-state index contributed by atoms with van der Waals surface area (Å²) in [4.78, 5) is 30.5. The summed E-state index contributed by atoms with van der Waals surface area (Å²) in [5, 5.41) is 4.00. The number of carbonyl (C=O) groups is 2. The molecule has 0 N–H and O–H groups in total. The Bertz CT molecular complexity index is 600. The van der Waals surface area contributed by atoms with Crippen LogP contribution in [0.15, 0.2) is 4.52 Å². The molecule has 0 radical (unpaired) electrons. The fraction of sp³-hybridized carbons (Fsp3) is 0.706. The Morgan fingerprint density at radius 3 is 2.50 bits per heavy atom. The van der Waals surface area contributed by atoms with Crippen molar-refractivity contribution in [3.8, 4) is 0 Å². The third kappa shape index (κ3) is 3.31. The smallest absolute Gasteiger partial charge is 0.228 e. The second kappa shape index (κ2) is 6.93. The van der Waals surface area contributed by atoms with Gasteiger partial charge < -0.3 is 14.3 Å². The SMILES string of the molecule is CCN1C[C@H](C(=O)N2CCN(Cc3c(C)noc3C)CC2)CC1=O. The summed E-state index contributed by atoms with van der Waals surface area (Å²) in [6.07, 6.45) is 0.367. The van der Waals surface area contributed by atoms with Crippen LogP contribution in [0.5, 0.6) is 0 Å². The van der Waals surface area contributed by atoms with Crippen molar-refractivity contribution in [2.24, 2.45) is 5.92 Å². The quantitative estimate of drug-likeness (QED) is 0.815. The maximum absolute atomic E-state index is 12.6. The van der Waals surface area contributed by atoms with E-state index in [2.05, 4.69) is 10.1 Å². The van der Waals surface area contributed by atoms with Crippen molar-refractivity contribution in [3.05, 3.63) is 17.0 Å². The average Bonchev–Trinajstić information content (AvgIpc) is 3.11. The van der Waals surface area contributed by atoms with E-state index in [9.17, 15) is 9.59 Å². The van der Waals surface area contributed by atoms with Gasteiger partial charge in [-0.3, -0.25) is 14.5 Å². The summed E-state index contributed by atoms with van der Waals surface area (Å²) >= 11 is 0. The fourth-order valence-electron chi connectivity index (χ4n) is 3.58. The number of rotatable bonds is 4. The van der Waals surface area contributed by atoms with Crippen LogP contribution >= 0.6 is 0 Å². The summed E-state index contributed by atoms with van der Waals surface area (Å²) in [7, 11) is 0. The Labute approximate surface area is 142 Å². The van der Waals surface area contributed by atoms with E-state index in [1.807, 2.05) is 25.7 Å². The van der Waals surface area contributed by atoms with E-state index < -0.39 is 0 Å². The summed E-state index contributed by atoms with van der Waals surface area (Å²) in [6, 6.07) is 0. The van der Waals surface area contributed by atoms with Gasteiger partial charge in [0.05, 0.1) is 11.6 Å². The zero-order valence-corrected chi connectivity index (χ0v) is 14.7. The molecule has 0 bridgehead atoms. The number of likely N-dealkylation sites (tertiary alicyclic amines) is 1.